The molecule has 2 unspecified atom stereocenters. The first-order chi connectivity index (χ1) is 7.81. The highest BCUT2D eigenvalue weighted by Crippen LogP contribution is 2.26. The molecule has 4 heteroatoms. The third-order valence-electron chi connectivity index (χ3n) is 2.73. The van der Waals surface area contributed by atoms with Crippen molar-refractivity contribution in [2.24, 2.45) is 0 Å². The van der Waals surface area contributed by atoms with Crippen LogP contribution in [0.15, 0.2) is 24.3 Å². The average Bonchev–Trinajstić information content (AvgIpc) is 2.33. The number of alkyl halides is 1. The maximum absolute atomic E-state index is 6.20. The van der Waals surface area contributed by atoms with Crippen LogP contribution in [0.4, 0.5) is 5.69 Å². The smallest absolute Gasteiger partial charge is 0.141 e. The van der Waals surface area contributed by atoms with Gasteiger partial charge >= 0.3 is 0 Å². The molecule has 3 nitrogen and oxygen atoms in total. The predicted molar refractivity (Wildman–Crippen MR) is 65.5 cm³/mol. The molecule has 88 valence electrons. The molecule has 0 radical (unpaired) electrons. The minimum Gasteiger partial charge on any atom is -0.495 e. The minimum atomic E-state index is 0.0127. The average molecular weight is 242 g/mol. The van der Waals surface area contributed by atoms with Gasteiger partial charge in [-0.25, -0.2) is 0 Å². The van der Waals surface area contributed by atoms with E-state index < -0.39 is 0 Å². The lowest BCUT2D eigenvalue weighted by Gasteiger charge is -2.29. The summed E-state index contributed by atoms with van der Waals surface area (Å²) >= 11 is 6.20. The summed E-state index contributed by atoms with van der Waals surface area (Å²) in [6, 6.07) is 8.11. The zero-order chi connectivity index (χ0) is 11.4. The van der Waals surface area contributed by atoms with Gasteiger partial charge in [-0.1, -0.05) is 12.1 Å². The molecule has 1 fully saturated rings. The van der Waals surface area contributed by atoms with Gasteiger partial charge in [0.25, 0.3) is 0 Å². The topological polar surface area (TPSA) is 30.5 Å². The molecule has 0 saturated carbocycles. The number of halogens is 1. The Morgan fingerprint density at radius 2 is 2.25 bits per heavy atom. The molecule has 0 aliphatic carbocycles. The van der Waals surface area contributed by atoms with Crippen LogP contribution in [0.5, 0.6) is 5.75 Å². The Kier molecular flexibility index (Phi) is 3.91. The summed E-state index contributed by atoms with van der Waals surface area (Å²) in [5, 5.41) is 3.43. The van der Waals surface area contributed by atoms with E-state index in [4.69, 9.17) is 21.1 Å². The van der Waals surface area contributed by atoms with Crippen LogP contribution in [0.3, 0.4) is 0 Å². The van der Waals surface area contributed by atoms with E-state index in [0.29, 0.717) is 6.61 Å². The summed E-state index contributed by atoms with van der Waals surface area (Å²) in [6.07, 6.45) is 0.923. The number of para-hydroxylation sites is 2. The van der Waals surface area contributed by atoms with Crippen molar-refractivity contribution in [3.05, 3.63) is 24.3 Å². The van der Waals surface area contributed by atoms with Gasteiger partial charge in [0.1, 0.15) is 5.75 Å². The standard InChI is InChI=1S/C12H16ClNO2/c1-15-12-5-3-2-4-11(12)14-10-6-7-16-8-9(10)13/h2-5,9-10,14H,6-8H2,1H3. The van der Waals surface area contributed by atoms with Crippen LogP contribution in [-0.2, 0) is 4.74 Å². The molecule has 0 aromatic heterocycles. The largest absolute Gasteiger partial charge is 0.495 e. The number of benzene rings is 1. The van der Waals surface area contributed by atoms with Crippen molar-refractivity contribution in [3.63, 3.8) is 0 Å². The maximum atomic E-state index is 6.20. The van der Waals surface area contributed by atoms with Gasteiger partial charge in [0, 0.05) is 12.6 Å². The second-order valence-electron chi connectivity index (χ2n) is 3.83. The lowest BCUT2D eigenvalue weighted by atomic mass is 10.1. The van der Waals surface area contributed by atoms with Gasteiger partial charge < -0.3 is 14.8 Å². The number of hydrogen-bond acceptors (Lipinski definition) is 3. The fraction of sp³-hybridized carbons (Fsp3) is 0.500. The van der Waals surface area contributed by atoms with Gasteiger partial charge in [-0.05, 0) is 18.6 Å². The molecule has 16 heavy (non-hydrogen) atoms. The fourth-order valence-corrected chi connectivity index (χ4v) is 2.11. The zero-order valence-corrected chi connectivity index (χ0v) is 10.0. The summed E-state index contributed by atoms with van der Waals surface area (Å²) in [4.78, 5) is 0. The molecule has 0 amide bonds. The number of nitrogens with one attached hydrogen (secondary N) is 1. The second-order valence-corrected chi connectivity index (χ2v) is 4.39. The summed E-state index contributed by atoms with van der Waals surface area (Å²) in [7, 11) is 1.67. The molecule has 1 heterocycles. The van der Waals surface area contributed by atoms with Crippen molar-refractivity contribution in [1.82, 2.24) is 0 Å². The zero-order valence-electron chi connectivity index (χ0n) is 9.28. The van der Waals surface area contributed by atoms with Gasteiger partial charge in [0.05, 0.1) is 24.8 Å². The van der Waals surface area contributed by atoms with E-state index in [0.717, 1.165) is 24.5 Å². The lowest BCUT2D eigenvalue weighted by molar-refractivity contribution is 0.0935. The lowest BCUT2D eigenvalue weighted by Crippen LogP contribution is -2.38. The number of methoxy groups -OCH3 is 1. The van der Waals surface area contributed by atoms with Gasteiger partial charge in [0.2, 0.25) is 0 Å². The summed E-state index contributed by atoms with van der Waals surface area (Å²) in [6.45, 7) is 1.37. The van der Waals surface area contributed by atoms with Crippen LogP contribution in [-0.4, -0.2) is 31.7 Å². The SMILES string of the molecule is COc1ccccc1NC1CCOCC1Cl. The molecular formula is C12H16ClNO2. The Labute approximate surface area is 101 Å². The quantitative estimate of drug-likeness (QED) is 0.825. The third kappa shape index (κ3) is 2.60. The Morgan fingerprint density at radius 3 is 3.00 bits per heavy atom. The molecule has 2 rings (SSSR count). The fourth-order valence-electron chi connectivity index (χ4n) is 1.83. The predicted octanol–water partition coefficient (Wildman–Crippen LogP) is 2.50. The second kappa shape index (κ2) is 5.41. The molecule has 1 saturated heterocycles. The van der Waals surface area contributed by atoms with Crippen molar-refractivity contribution in [1.29, 1.82) is 0 Å². The molecule has 0 bridgehead atoms. The maximum Gasteiger partial charge on any atom is 0.141 e. The molecule has 1 aliphatic heterocycles. The van der Waals surface area contributed by atoms with E-state index >= 15 is 0 Å². The molecule has 2 atom stereocenters. The highest BCUT2D eigenvalue weighted by atomic mass is 35.5. The Hall–Kier alpha value is -0.930. The van der Waals surface area contributed by atoms with E-state index in [1.165, 1.54) is 0 Å². The van der Waals surface area contributed by atoms with Gasteiger partial charge in [-0.15, -0.1) is 11.6 Å². The van der Waals surface area contributed by atoms with Crippen LogP contribution in [0, 0.1) is 0 Å². The third-order valence-corrected chi connectivity index (χ3v) is 3.16. The van der Waals surface area contributed by atoms with E-state index in [-0.39, 0.29) is 11.4 Å². The molecule has 1 aromatic rings. The molecule has 0 spiro atoms. The van der Waals surface area contributed by atoms with E-state index in [1.807, 2.05) is 24.3 Å². The number of anilines is 1. The summed E-state index contributed by atoms with van der Waals surface area (Å²) in [5.41, 5.74) is 0.988. The summed E-state index contributed by atoms with van der Waals surface area (Å²) in [5.74, 6) is 0.845. The first kappa shape index (κ1) is 11.6. The van der Waals surface area contributed by atoms with Crippen molar-refractivity contribution in [2.45, 2.75) is 17.8 Å². The van der Waals surface area contributed by atoms with Crippen molar-refractivity contribution >= 4 is 17.3 Å². The Bertz CT molecular complexity index is 346. The summed E-state index contributed by atoms with van der Waals surface area (Å²) < 4.78 is 10.6. The van der Waals surface area contributed by atoms with Crippen LogP contribution in [0.2, 0.25) is 0 Å². The van der Waals surface area contributed by atoms with Crippen LogP contribution in [0.25, 0.3) is 0 Å². The first-order valence-corrected chi connectivity index (χ1v) is 5.86. The highest BCUT2D eigenvalue weighted by molar-refractivity contribution is 6.21. The molecular weight excluding hydrogens is 226 g/mol. The molecule has 1 aliphatic rings. The molecule has 1 aromatic carbocycles. The monoisotopic (exact) mass is 241 g/mol. The number of ether oxygens (including phenoxy) is 2. The van der Waals surface area contributed by atoms with Gasteiger partial charge in [0.15, 0.2) is 0 Å². The Morgan fingerprint density at radius 1 is 1.44 bits per heavy atom. The normalized spacial score (nSPS) is 25.1. The minimum absolute atomic E-state index is 0.0127. The first-order valence-electron chi connectivity index (χ1n) is 5.42. The highest BCUT2D eigenvalue weighted by Gasteiger charge is 2.24. The van der Waals surface area contributed by atoms with Crippen molar-refractivity contribution in [2.75, 3.05) is 25.6 Å². The van der Waals surface area contributed by atoms with Gasteiger partial charge in [-0.3, -0.25) is 0 Å². The van der Waals surface area contributed by atoms with E-state index in [1.54, 1.807) is 7.11 Å². The van der Waals surface area contributed by atoms with E-state index in [2.05, 4.69) is 5.32 Å². The van der Waals surface area contributed by atoms with Crippen LogP contribution < -0.4 is 10.1 Å². The van der Waals surface area contributed by atoms with Gasteiger partial charge in [-0.2, -0.15) is 0 Å². The number of hydrogen-bond donors (Lipinski definition) is 1. The Balaban J connectivity index is 2.07. The molecule has 1 N–H and O–H groups in total. The van der Waals surface area contributed by atoms with Crippen LogP contribution >= 0.6 is 11.6 Å². The number of rotatable bonds is 3. The van der Waals surface area contributed by atoms with Crippen molar-refractivity contribution in [3.8, 4) is 5.75 Å². The van der Waals surface area contributed by atoms with Crippen LogP contribution in [0.1, 0.15) is 6.42 Å². The van der Waals surface area contributed by atoms with Crippen molar-refractivity contribution < 1.29 is 9.47 Å². The van der Waals surface area contributed by atoms with E-state index in [9.17, 15) is 0 Å².